The maximum absolute atomic E-state index is 12.1. The number of anilines is 1. The summed E-state index contributed by atoms with van der Waals surface area (Å²) in [5.41, 5.74) is 0.822. The second kappa shape index (κ2) is 5.65. The van der Waals surface area contributed by atoms with Gasteiger partial charge in [-0.3, -0.25) is 5.01 Å². The third kappa shape index (κ3) is 2.95. The fourth-order valence-electron chi connectivity index (χ4n) is 1.88. The normalized spacial score (nSPS) is 15.8. The molecule has 2 rings (SSSR count). The van der Waals surface area contributed by atoms with Gasteiger partial charge in [-0.1, -0.05) is 18.2 Å². The SMILES string of the molecule is CCN(C(=O)Nc1ccccc1)N1CCNC1. The molecule has 0 spiro atoms. The van der Waals surface area contributed by atoms with E-state index in [2.05, 4.69) is 10.6 Å². The number of hydrazine groups is 1. The van der Waals surface area contributed by atoms with Crippen LogP contribution in [0.1, 0.15) is 6.92 Å². The minimum absolute atomic E-state index is 0.0811. The van der Waals surface area contributed by atoms with Crippen LogP contribution in [-0.2, 0) is 0 Å². The number of rotatable bonds is 3. The van der Waals surface area contributed by atoms with Gasteiger partial charge >= 0.3 is 6.03 Å². The first kappa shape index (κ1) is 11.9. The van der Waals surface area contributed by atoms with Crippen LogP contribution in [-0.4, -0.2) is 42.4 Å². The van der Waals surface area contributed by atoms with Gasteiger partial charge in [-0.25, -0.2) is 9.80 Å². The van der Waals surface area contributed by atoms with Crippen LogP contribution in [0, 0.1) is 0 Å². The summed E-state index contributed by atoms with van der Waals surface area (Å²) in [7, 11) is 0. The number of urea groups is 1. The average Bonchev–Trinajstić information content (AvgIpc) is 2.85. The third-order valence-electron chi connectivity index (χ3n) is 2.74. The molecule has 1 fully saturated rings. The molecule has 0 aliphatic carbocycles. The van der Waals surface area contributed by atoms with Crippen LogP contribution in [0.2, 0.25) is 0 Å². The Kier molecular flexibility index (Phi) is 3.95. The summed E-state index contributed by atoms with van der Waals surface area (Å²) in [6, 6.07) is 9.43. The number of para-hydroxylation sites is 1. The van der Waals surface area contributed by atoms with E-state index in [1.807, 2.05) is 42.3 Å². The van der Waals surface area contributed by atoms with Gasteiger partial charge in [-0.2, -0.15) is 0 Å². The lowest BCUT2D eigenvalue weighted by Crippen LogP contribution is -2.47. The predicted molar refractivity (Wildman–Crippen MR) is 67.4 cm³/mol. The average molecular weight is 234 g/mol. The molecule has 0 atom stereocenters. The van der Waals surface area contributed by atoms with Gasteiger partial charge in [0.05, 0.1) is 6.67 Å². The van der Waals surface area contributed by atoms with Crippen LogP contribution in [0.4, 0.5) is 10.5 Å². The number of hydrogen-bond donors (Lipinski definition) is 2. The molecule has 1 heterocycles. The maximum atomic E-state index is 12.1. The van der Waals surface area contributed by atoms with Gasteiger partial charge in [-0.05, 0) is 19.1 Å². The fourth-order valence-corrected chi connectivity index (χ4v) is 1.88. The molecule has 5 heteroatoms. The van der Waals surface area contributed by atoms with E-state index in [0.717, 1.165) is 25.4 Å². The lowest BCUT2D eigenvalue weighted by atomic mass is 10.3. The van der Waals surface area contributed by atoms with E-state index in [-0.39, 0.29) is 6.03 Å². The molecule has 0 aromatic heterocycles. The van der Waals surface area contributed by atoms with Gasteiger partial charge in [0, 0.05) is 25.3 Å². The minimum atomic E-state index is -0.0811. The van der Waals surface area contributed by atoms with Crippen LogP contribution < -0.4 is 10.6 Å². The zero-order chi connectivity index (χ0) is 12.1. The van der Waals surface area contributed by atoms with Crippen molar-refractivity contribution in [2.24, 2.45) is 0 Å². The fraction of sp³-hybridized carbons (Fsp3) is 0.417. The molecule has 5 nitrogen and oxygen atoms in total. The zero-order valence-corrected chi connectivity index (χ0v) is 10.0. The smallest absolute Gasteiger partial charge is 0.307 e. The lowest BCUT2D eigenvalue weighted by molar-refractivity contribution is 0.0469. The van der Waals surface area contributed by atoms with Crippen LogP contribution in [0.5, 0.6) is 0 Å². The molecule has 0 unspecified atom stereocenters. The molecule has 1 aromatic rings. The van der Waals surface area contributed by atoms with Gasteiger partial charge in [0.15, 0.2) is 0 Å². The highest BCUT2D eigenvalue weighted by molar-refractivity contribution is 5.88. The van der Waals surface area contributed by atoms with Crippen molar-refractivity contribution < 1.29 is 4.79 Å². The Bertz CT molecular complexity index is 362. The molecule has 1 aromatic carbocycles. The van der Waals surface area contributed by atoms with Crippen LogP contribution in [0.25, 0.3) is 0 Å². The number of hydrogen-bond acceptors (Lipinski definition) is 3. The Morgan fingerprint density at radius 1 is 1.47 bits per heavy atom. The molecule has 92 valence electrons. The van der Waals surface area contributed by atoms with Crippen molar-refractivity contribution >= 4 is 11.7 Å². The predicted octanol–water partition coefficient (Wildman–Crippen LogP) is 1.32. The van der Waals surface area contributed by atoms with Crippen molar-refractivity contribution in [2.75, 3.05) is 31.6 Å². The number of amides is 2. The van der Waals surface area contributed by atoms with E-state index in [1.54, 1.807) is 5.01 Å². The van der Waals surface area contributed by atoms with Crippen LogP contribution >= 0.6 is 0 Å². The van der Waals surface area contributed by atoms with E-state index in [9.17, 15) is 4.79 Å². The Balaban J connectivity index is 1.97. The Labute approximate surface area is 101 Å². The van der Waals surface area contributed by atoms with E-state index in [1.165, 1.54) is 0 Å². The van der Waals surface area contributed by atoms with Crippen molar-refractivity contribution in [1.29, 1.82) is 0 Å². The zero-order valence-electron chi connectivity index (χ0n) is 10.0. The number of nitrogens with zero attached hydrogens (tertiary/aromatic N) is 2. The molecule has 1 aliphatic heterocycles. The van der Waals surface area contributed by atoms with E-state index < -0.39 is 0 Å². The molecule has 1 saturated heterocycles. The molecule has 1 aliphatic rings. The van der Waals surface area contributed by atoms with Crippen molar-refractivity contribution in [2.45, 2.75) is 6.92 Å². The molecule has 0 saturated carbocycles. The Morgan fingerprint density at radius 2 is 2.24 bits per heavy atom. The Morgan fingerprint density at radius 3 is 2.82 bits per heavy atom. The first-order valence-corrected chi connectivity index (χ1v) is 5.90. The summed E-state index contributed by atoms with van der Waals surface area (Å²) in [4.78, 5) is 12.1. The minimum Gasteiger partial charge on any atom is -0.307 e. The topological polar surface area (TPSA) is 47.6 Å². The second-order valence-electron chi connectivity index (χ2n) is 3.90. The molecule has 2 amide bonds. The lowest BCUT2D eigenvalue weighted by Gasteiger charge is -2.29. The number of carbonyl (C=O) groups excluding carboxylic acids is 1. The quantitative estimate of drug-likeness (QED) is 0.829. The van der Waals surface area contributed by atoms with E-state index in [4.69, 9.17) is 0 Å². The summed E-state index contributed by atoms with van der Waals surface area (Å²) in [5.74, 6) is 0. The first-order chi connectivity index (χ1) is 8.31. The maximum Gasteiger partial charge on any atom is 0.336 e. The highest BCUT2D eigenvalue weighted by atomic mass is 16.2. The molecular formula is C12H18N4O. The standard InChI is InChI=1S/C12H18N4O/c1-2-16(15-9-8-13-10-15)12(17)14-11-6-4-3-5-7-11/h3-7,13H,2,8-10H2,1H3,(H,14,17). The van der Waals surface area contributed by atoms with Gasteiger partial charge < -0.3 is 10.6 Å². The molecule has 0 radical (unpaired) electrons. The second-order valence-corrected chi connectivity index (χ2v) is 3.90. The monoisotopic (exact) mass is 234 g/mol. The largest absolute Gasteiger partial charge is 0.336 e. The first-order valence-electron chi connectivity index (χ1n) is 5.90. The molecule has 2 N–H and O–H groups in total. The van der Waals surface area contributed by atoms with Gasteiger partial charge in [0.2, 0.25) is 0 Å². The number of nitrogens with one attached hydrogen (secondary N) is 2. The van der Waals surface area contributed by atoms with Gasteiger partial charge in [0.1, 0.15) is 0 Å². The number of carbonyl (C=O) groups is 1. The van der Waals surface area contributed by atoms with Crippen molar-refractivity contribution in [3.63, 3.8) is 0 Å². The molecule has 0 bridgehead atoms. The van der Waals surface area contributed by atoms with Crippen molar-refractivity contribution in [3.8, 4) is 0 Å². The van der Waals surface area contributed by atoms with Crippen molar-refractivity contribution in [1.82, 2.24) is 15.3 Å². The van der Waals surface area contributed by atoms with Gasteiger partial charge in [-0.15, -0.1) is 0 Å². The van der Waals surface area contributed by atoms with Gasteiger partial charge in [0.25, 0.3) is 0 Å². The number of benzene rings is 1. The van der Waals surface area contributed by atoms with Crippen molar-refractivity contribution in [3.05, 3.63) is 30.3 Å². The summed E-state index contributed by atoms with van der Waals surface area (Å²) in [6.45, 7) is 5.17. The van der Waals surface area contributed by atoms with Crippen LogP contribution in [0.15, 0.2) is 30.3 Å². The molecule has 17 heavy (non-hydrogen) atoms. The van der Waals surface area contributed by atoms with E-state index >= 15 is 0 Å². The summed E-state index contributed by atoms with van der Waals surface area (Å²) in [6.07, 6.45) is 0. The Hall–Kier alpha value is -1.59. The van der Waals surface area contributed by atoms with E-state index in [0.29, 0.717) is 6.54 Å². The summed E-state index contributed by atoms with van der Waals surface area (Å²) in [5, 5.41) is 9.84. The summed E-state index contributed by atoms with van der Waals surface area (Å²) < 4.78 is 0. The highest BCUT2D eigenvalue weighted by Crippen LogP contribution is 2.08. The molecular weight excluding hydrogens is 216 g/mol. The van der Waals surface area contributed by atoms with Crippen LogP contribution in [0.3, 0.4) is 0 Å². The third-order valence-corrected chi connectivity index (χ3v) is 2.74. The highest BCUT2D eigenvalue weighted by Gasteiger charge is 2.22. The summed E-state index contributed by atoms with van der Waals surface area (Å²) >= 11 is 0.